The molecule has 2 aromatic heterocycles. The Balaban J connectivity index is 2.18. The second-order valence-corrected chi connectivity index (χ2v) is 4.35. The average Bonchev–Trinajstić information content (AvgIpc) is 2.75. The predicted molar refractivity (Wildman–Crippen MR) is 67.3 cm³/mol. The summed E-state index contributed by atoms with van der Waals surface area (Å²) in [6, 6.07) is 12.0. The van der Waals surface area contributed by atoms with Crippen LogP contribution < -0.4 is 5.73 Å². The number of hydrogen-bond acceptors (Lipinski definition) is 4. The summed E-state index contributed by atoms with van der Waals surface area (Å²) < 4.78 is 0. The minimum atomic E-state index is 0.574. The van der Waals surface area contributed by atoms with Gasteiger partial charge in [-0.05, 0) is 12.1 Å². The molecular formula is C12H9N3S. The molecule has 0 spiro atoms. The number of pyridine rings is 1. The van der Waals surface area contributed by atoms with Crippen LogP contribution in [-0.2, 0) is 0 Å². The number of nitrogen functional groups attached to an aromatic ring is 1. The first-order valence-electron chi connectivity index (χ1n) is 4.90. The molecule has 16 heavy (non-hydrogen) atoms. The summed E-state index contributed by atoms with van der Waals surface area (Å²) in [4.78, 5) is 8.77. The van der Waals surface area contributed by atoms with E-state index < -0.39 is 0 Å². The van der Waals surface area contributed by atoms with Crippen molar-refractivity contribution in [3.05, 3.63) is 41.8 Å². The van der Waals surface area contributed by atoms with Gasteiger partial charge in [0.05, 0.1) is 11.2 Å². The van der Waals surface area contributed by atoms with Crippen molar-refractivity contribution in [3.8, 4) is 11.4 Å². The second kappa shape index (κ2) is 3.57. The van der Waals surface area contributed by atoms with Gasteiger partial charge < -0.3 is 5.73 Å². The molecule has 0 aliphatic heterocycles. The van der Waals surface area contributed by atoms with E-state index in [1.165, 1.54) is 11.3 Å². The fraction of sp³-hybridized carbons (Fsp3) is 0. The zero-order valence-electron chi connectivity index (χ0n) is 8.42. The first-order chi connectivity index (χ1) is 7.83. The van der Waals surface area contributed by atoms with Crippen molar-refractivity contribution in [1.82, 2.24) is 9.97 Å². The van der Waals surface area contributed by atoms with Gasteiger partial charge in [-0.1, -0.05) is 24.3 Å². The van der Waals surface area contributed by atoms with Gasteiger partial charge in [-0.25, -0.2) is 9.97 Å². The predicted octanol–water partition coefficient (Wildman–Crippen LogP) is 2.94. The number of nitrogens with zero attached hydrogens (tertiary/aromatic N) is 2. The van der Waals surface area contributed by atoms with Crippen molar-refractivity contribution in [2.75, 3.05) is 5.73 Å². The monoisotopic (exact) mass is 227 g/mol. The molecule has 78 valence electrons. The van der Waals surface area contributed by atoms with E-state index in [4.69, 9.17) is 5.73 Å². The summed E-state index contributed by atoms with van der Waals surface area (Å²) in [7, 11) is 0. The van der Waals surface area contributed by atoms with Gasteiger partial charge >= 0.3 is 0 Å². The van der Waals surface area contributed by atoms with Gasteiger partial charge in [-0.2, -0.15) is 0 Å². The minimum Gasteiger partial charge on any atom is -0.375 e. The van der Waals surface area contributed by atoms with Gasteiger partial charge in [0.15, 0.2) is 5.13 Å². The van der Waals surface area contributed by atoms with Gasteiger partial charge in [-0.15, -0.1) is 11.3 Å². The molecule has 4 heteroatoms. The van der Waals surface area contributed by atoms with E-state index in [2.05, 4.69) is 9.97 Å². The van der Waals surface area contributed by atoms with Gasteiger partial charge in [-0.3, -0.25) is 0 Å². The highest BCUT2D eigenvalue weighted by molar-refractivity contribution is 7.13. The van der Waals surface area contributed by atoms with E-state index in [1.807, 2.05) is 41.8 Å². The number of nitrogens with two attached hydrogens (primary N) is 1. The third-order valence-corrected chi connectivity index (χ3v) is 3.06. The van der Waals surface area contributed by atoms with E-state index in [9.17, 15) is 0 Å². The molecule has 0 bridgehead atoms. The number of rotatable bonds is 1. The molecule has 0 fully saturated rings. The van der Waals surface area contributed by atoms with Gasteiger partial charge in [0.2, 0.25) is 0 Å². The van der Waals surface area contributed by atoms with E-state index in [0.717, 1.165) is 22.3 Å². The lowest BCUT2D eigenvalue weighted by Gasteiger charge is -1.99. The van der Waals surface area contributed by atoms with Crippen LogP contribution in [0.4, 0.5) is 5.13 Å². The molecule has 1 aromatic carbocycles. The van der Waals surface area contributed by atoms with Crippen molar-refractivity contribution in [2.45, 2.75) is 0 Å². The molecule has 0 unspecified atom stereocenters. The Morgan fingerprint density at radius 2 is 1.81 bits per heavy atom. The largest absolute Gasteiger partial charge is 0.375 e. The number of benzene rings is 1. The SMILES string of the molecule is Nc1nc(-c2ccc3ccccc3n2)cs1. The standard InChI is InChI=1S/C12H9N3S/c13-12-15-11(7-16-12)10-6-5-8-3-1-2-4-9(8)14-10/h1-7H,(H2,13,15). The summed E-state index contributed by atoms with van der Waals surface area (Å²) in [6.07, 6.45) is 0. The van der Waals surface area contributed by atoms with Crippen LogP contribution in [0.25, 0.3) is 22.3 Å². The lowest BCUT2D eigenvalue weighted by molar-refractivity contribution is 1.33. The number of thiazole rings is 1. The van der Waals surface area contributed by atoms with Crippen molar-refractivity contribution in [2.24, 2.45) is 0 Å². The highest BCUT2D eigenvalue weighted by Crippen LogP contribution is 2.23. The third-order valence-electron chi connectivity index (χ3n) is 2.38. The van der Waals surface area contributed by atoms with Crippen LogP contribution in [0.1, 0.15) is 0 Å². The normalized spacial score (nSPS) is 10.8. The number of fused-ring (bicyclic) bond motifs is 1. The summed E-state index contributed by atoms with van der Waals surface area (Å²) in [5, 5.41) is 3.63. The summed E-state index contributed by atoms with van der Waals surface area (Å²) in [5.74, 6) is 0. The van der Waals surface area contributed by atoms with Crippen LogP contribution in [0.2, 0.25) is 0 Å². The molecule has 3 aromatic rings. The summed E-state index contributed by atoms with van der Waals surface area (Å²) in [6.45, 7) is 0. The zero-order chi connectivity index (χ0) is 11.0. The molecule has 2 heterocycles. The molecule has 3 rings (SSSR count). The Hall–Kier alpha value is -1.94. The highest BCUT2D eigenvalue weighted by atomic mass is 32.1. The van der Waals surface area contributed by atoms with Crippen LogP contribution >= 0.6 is 11.3 Å². The van der Waals surface area contributed by atoms with E-state index >= 15 is 0 Å². The van der Waals surface area contributed by atoms with Crippen LogP contribution in [-0.4, -0.2) is 9.97 Å². The number of aromatic nitrogens is 2. The lowest BCUT2D eigenvalue weighted by Crippen LogP contribution is -1.86. The second-order valence-electron chi connectivity index (χ2n) is 3.46. The maximum Gasteiger partial charge on any atom is 0.180 e. The van der Waals surface area contributed by atoms with Crippen molar-refractivity contribution in [1.29, 1.82) is 0 Å². The Labute approximate surface area is 96.6 Å². The van der Waals surface area contributed by atoms with Crippen LogP contribution in [0.15, 0.2) is 41.8 Å². The topological polar surface area (TPSA) is 51.8 Å². The molecule has 0 atom stereocenters. The fourth-order valence-corrected chi connectivity index (χ4v) is 2.17. The smallest absolute Gasteiger partial charge is 0.180 e. The molecule has 0 aliphatic carbocycles. The first-order valence-corrected chi connectivity index (χ1v) is 5.78. The number of anilines is 1. The Bertz CT molecular complexity index is 645. The average molecular weight is 227 g/mol. The molecule has 0 amide bonds. The van der Waals surface area contributed by atoms with E-state index in [1.54, 1.807) is 0 Å². The fourth-order valence-electron chi connectivity index (χ4n) is 1.61. The highest BCUT2D eigenvalue weighted by Gasteiger charge is 2.04. The molecule has 3 nitrogen and oxygen atoms in total. The Morgan fingerprint density at radius 3 is 2.62 bits per heavy atom. The molecule has 0 saturated heterocycles. The Kier molecular flexibility index (Phi) is 2.08. The summed E-state index contributed by atoms with van der Waals surface area (Å²) in [5.41, 5.74) is 8.29. The van der Waals surface area contributed by atoms with Crippen molar-refractivity contribution < 1.29 is 0 Å². The maximum absolute atomic E-state index is 5.61. The molecule has 0 radical (unpaired) electrons. The number of hydrogen-bond donors (Lipinski definition) is 1. The van der Waals surface area contributed by atoms with Crippen molar-refractivity contribution in [3.63, 3.8) is 0 Å². The van der Waals surface area contributed by atoms with E-state index in [0.29, 0.717) is 5.13 Å². The van der Waals surface area contributed by atoms with Gasteiger partial charge in [0.25, 0.3) is 0 Å². The molecule has 2 N–H and O–H groups in total. The lowest BCUT2D eigenvalue weighted by atomic mass is 10.2. The molecular weight excluding hydrogens is 218 g/mol. The summed E-state index contributed by atoms with van der Waals surface area (Å²) >= 11 is 1.43. The first kappa shape index (κ1) is 9.30. The maximum atomic E-state index is 5.61. The van der Waals surface area contributed by atoms with E-state index in [-0.39, 0.29) is 0 Å². The zero-order valence-corrected chi connectivity index (χ0v) is 9.24. The molecule has 0 saturated carbocycles. The van der Waals surface area contributed by atoms with Crippen LogP contribution in [0, 0.1) is 0 Å². The van der Waals surface area contributed by atoms with Crippen LogP contribution in [0.5, 0.6) is 0 Å². The minimum absolute atomic E-state index is 0.574. The van der Waals surface area contributed by atoms with Crippen molar-refractivity contribution >= 4 is 27.4 Å². The molecule has 0 aliphatic rings. The van der Waals surface area contributed by atoms with Crippen LogP contribution in [0.3, 0.4) is 0 Å². The number of para-hydroxylation sites is 1. The quantitative estimate of drug-likeness (QED) is 0.695. The Morgan fingerprint density at radius 1 is 0.938 bits per heavy atom. The van der Waals surface area contributed by atoms with Gasteiger partial charge in [0.1, 0.15) is 5.69 Å². The third kappa shape index (κ3) is 1.53. The van der Waals surface area contributed by atoms with Gasteiger partial charge in [0, 0.05) is 10.8 Å².